The Labute approximate surface area is 86.1 Å². The second-order valence-corrected chi connectivity index (χ2v) is 3.74. The van der Waals surface area contributed by atoms with Crippen molar-refractivity contribution in [2.24, 2.45) is 5.92 Å². The van der Waals surface area contributed by atoms with E-state index in [1.165, 1.54) is 5.56 Å². The fourth-order valence-corrected chi connectivity index (χ4v) is 1.68. The standard InChI is InChI=1S/C13H18O/c1-3-13(11(2)14)10-9-12-7-5-4-6-8-12/h4-8,13H,3,9-10H2,1-2H3/t13-/m0/s1. The van der Waals surface area contributed by atoms with Crippen molar-refractivity contribution >= 4 is 5.78 Å². The summed E-state index contributed by atoms with van der Waals surface area (Å²) in [6, 6.07) is 10.3. The van der Waals surface area contributed by atoms with Gasteiger partial charge < -0.3 is 0 Å². The monoisotopic (exact) mass is 190 g/mol. The van der Waals surface area contributed by atoms with Crippen molar-refractivity contribution in [3.05, 3.63) is 35.9 Å². The molecule has 1 nitrogen and oxygen atoms in total. The molecule has 0 unspecified atom stereocenters. The molecule has 0 radical (unpaired) electrons. The zero-order valence-electron chi connectivity index (χ0n) is 8.99. The molecule has 0 fully saturated rings. The predicted octanol–water partition coefficient (Wildman–Crippen LogP) is 3.23. The van der Waals surface area contributed by atoms with E-state index in [1.807, 2.05) is 18.2 Å². The van der Waals surface area contributed by atoms with Crippen LogP contribution in [0, 0.1) is 5.92 Å². The first-order valence-corrected chi connectivity index (χ1v) is 5.28. The molecule has 0 saturated carbocycles. The Hall–Kier alpha value is -1.11. The van der Waals surface area contributed by atoms with Gasteiger partial charge in [-0.15, -0.1) is 0 Å². The van der Waals surface area contributed by atoms with Gasteiger partial charge in [0, 0.05) is 5.92 Å². The Kier molecular flexibility index (Phi) is 4.37. The van der Waals surface area contributed by atoms with Crippen molar-refractivity contribution in [1.82, 2.24) is 0 Å². The maximum absolute atomic E-state index is 11.2. The Balaban J connectivity index is 2.44. The number of benzene rings is 1. The van der Waals surface area contributed by atoms with Crippen molar-refractivity contribution in [3.8, 4) is 0 Å². The summed E-state index contributed by atoms with van der Waals surface area (Å²) in [6.45, 7) is 3.77. The minimum Gasteiger partial charge on any atom is -0.300 e. The molecule has 0 spiro atoms. The molecule has 0 aliphatic carbocycles. The highest BCUT2D eigenvalue weighted by Gasteiger charge is 2.10. The second kappa shape index (κ2) is 5.58. The Morgan fingerprint density at radius 1 is 1.29 bits per heavy atom. The van der Waals surface area contributed by atoms with Crippen LogP contribution in [0.3, 0.4) is 0 Å². The van der Waals surface area contributed by atoms with Crippen molar-refractivity contribution in [3.63, 3.8) is 0 Å². The first-order chi connectivity index (χ1) is 6.74. The summed E-state index contributed by atoms with van der Waals surface area (Å²) in [5.41, 5.74) is 1.33. The van der Waals surface area contributed by atoms with Crippen molar-refractivity contribution in [2.45, 2.75) is 33.1 Å². The van der Waals surface area contributed by atoms with Crippen LogP contribution >= 0.6 is 0 Å². The summed E-state index contributed by atoms with van der Waals surface area (Å²) < 4.78 is 0. The average molecular weight is 190 g/mol. The molecule has 0 bridgehead atoms. The van der Waals surface area contributed by atoms with E-state index in [0.29, 0.717) is 5.78 Å². The van der Waals surface area contributed by atoms with Gasteiger partial charge in [0.2, 0.25) is 0 Å². The maximum atomic E-state index is 11.2. The molecule has 1 aromatic carbocycles. The van der Waals surface area contributed by atoms with Gasteiger partial charge in [0.05, 0.1) is 0 Å². The lowest BCUT2D eigenvalue weighted by molar-refractivity contribution is -0.121. The zero-order chi connectivity index (χ0) is 10.4. The van der Waals surface area contributed by atoms with Crippen molar-refractivity contribution in [1.29, 1.82) is 0 Å². The number of ketones is 1. The highest BCUT2D eigenvalue weighted by molar-refractivity contribution is 5.78. The Morgan fingerprint density at radius 2 is 1.93 bits per heavy atom. The fourth-order valence-electron chi connectivity index (χ4n) is 1.68. The van der Waals surface area contributed by atoms with Gasteiger partial charge in [-0.25, -0.2) is 0 Å². The van der Waals surface area contributed by atoms with Gasteiger partial charge in [-0.2, -0.15) is 0 Å². The van der Waals surface area contributed by atoms with Crippen molar-refractivity contribution < 1.29 is 4.79 Å². The number of carbonyl (C=O) groups is 1. The summed E-state index contributed by atoms with van der Waals surface area (Å²) in [5, 5.41) is 0. The van der Waals surface area contributed by atoms with Crippen LogP contribution in [0.15, 0.2) is 30.3 Å². The molecule has 0 amide bonds. The van der Waals surface area contributed by atoms with E-state index in [-0.39, 0.29) is 5.92 Å². The third-order valence-electron chi connectivity index (χ3n) is 2.69. The molecule has 0 N–H and O–H groups in total. The molecule has 1 atom stereocenters. The van der Waals surface area contributed by atoms with Crippen LogP contribution in [0.5, 0.6) is 0 Å². The molecular formula is C13H18O. The Morgan fingerprint density at radius 3 is 2.43 bits per heavy atom. The molecule has 0 aliphatic heterocycles. The first-order valence-electron chi connectivity index (χ1n) is 5.28. The van der Waals surface area contributed by atoms with E-state index < -0.39 is 0 Å². The summed E-state index contributed by atoms with van der Waals surface area (Å²) in [7, 11) is 0. The lowest BCUT2D eigenvalue weighted by atomic mass is 9.94. The summed E-state index contributed by atoms with van der Waals surface area (Å²) >= 11 is 0. The SMILES string of the molecule is CC[C@@H](CCc1ccccc1)C(C)=O. The van der Waals surface area contributed by atoms with E-state index in [9.17, 15) is 4.79 Å². The highest BCUT2D eigenvalue weighted by atomic mass is 16.1. The van der Waals surface area contributed by atoms with Crippen LogP contribution in [0.4, 0.5) is 0 Å². The smallest absolute Gasteiger partial charge is 0.132 e. The predicted molar refractivity (Wildman–Crippen MR) is 59.2 cm³/mol. The Bertz CT molecular complexity index is 277. The molecule has 0 heterocycles. The van der Waals surface area contributed by atoms with Gasteiger partial charge in [-0.3, -0.25) is 4.79 Å². The normalized spacial score (nSPS) is 12.4. The molecular weight excluding hydrogens is 172 g/mol. The van der Waals surface area contributed by atoms with Crippen LogP contribution in [0.25, 0.3) is 0 Å². The number of carbonyl (C=O) groups excluding carboxylic acids is 1. The van der Waals surface area contributed by atoms with Crippen LogP contribution in [0.1, 0.15) is 32.3 Å². The molecule has 1 rings (SSSR count). The van der Waals surface area contributed by atoms with Gasteiger partial charge in [0.15, 0.2) is 0 Å². The average Bonchev–Trinajstić information content (AvgIpc) is 2.20. The molecule has 0 saturated heterocycles. The third-order valence-corrected chi connectivity index (χ3v) is 2.69. The van der Waals surface area contributed by atoms with E-state index in [0.717, 1.165) is 19.3 Å². The van der Waals surface area contributed by atoms with E-state index in [1.54, 1.807) is 6.92 Å². The first kappa shape index (κ1) is 11.0. The molecule has 0 aliphatic rings. The largest absolute Gasteiger partial charge is 0.300 e. The van der Waals surface area contributed by atoms with Gasteiger partial charge in [0.1, 0.15) is 5.78 Å². The van der Waals surface area contributed by atoms with Gasteiger partial charge in [0.25, 0.3) is 0 Å². The van der Waals surface area contributed by atoms with Gasteiger partial charge >= 0.3 is 0 Å². The van der Waals surface area contributed by atoms with E-state index >= 15 is 0 Å². The van der Waals surface area contributed by atoms with Crippen LogP contribution in [0.2, 0.25) is 0 Å². The molecule has 76 valence electrons. The number of hydrogen-bond donors (Lipinski definition) is 0. The minimum atomic E-state index is 0.246. The summed E-state index contributed by atoms with van der Waals surface area (Å²) in [4.78, 5) is 11.2. The number of hydrogen-bond acceptors (Lipinski definition) is 1. The summed E-state index contributed by atoms with van der Waals surface area (Å²) in [6.07, 6.45) is 2.96. The fraction of sp³-hybridized carbons (Fsp3) is 0.462. The van der Waals surface area contributed by atoms with E-state index in [4.69, 9.17) is 0 Å². The van der Waals surface area contributed by atoms with Gasteiger partial charge in [-0.05, 0) is 31.7 Å². The third kappa shape index (κ3) is 3.33. The number of Topliss-reactive ketones (excluding diaryl/α,β-unsaturated/α-hetero) is 1. The van der Waals surface area contributed by atoms with Gasteiger partial charge in [-0.1, -0.05) is 37.3 Å². The van der Waals surface area contributed by atoms with Crippen molar-refractivity contribution in [2.75, 3.05) is 0 Å². The van der Waals surface area contributed by atoms with E-state index in [2.05, 4.69) is 19.1 Å². The topological polar surface area (TPSA) is 17.1 Å². The number of aryl methyl sites for hydroxylation is 1. The zero-order valence-corrected chi connectivity index (χ0v) is 8.99. The van der Waals surface area contributed by atoms with Crippen LogP contribution < -0.4 is 0 Å². The second-order valence-electron chi connectivity index (χ2n) is 3.74. The molecule has 1 aromatic rings. The minimum absolute atomic E-state index is 0.246. The molecule has 1 heteroatoms. The molecule has 0 aromatic heterocycles. The number of rotatable bonds is 5. The van der Waals surface area contributed by atoms with Crippen LogP contribution in [-0.2, 0) is 11.2 Å². The maximum Gasteiger partial charge on any atom is 0.132 e. The van der Waals surface area contributed by atoms with Crippen LogP contribution in [-0.4, -0.2) is 5.78 Å². The lowest BCUT2D eigenvalue weighted by Gasteiger charge is -2.10. The highest BCUT2D eigenvalue weighted by Crippen LogP contribution is 2.13. The lowest BCUT2D eigenvalue weighted by Crippen LogP contribution is -2.10. The quantitative estimate of drug-likeness (QED) is 0.696. The molecule has 14 heavy (non-hydrogen) atoms. The summed E-state index contributed by atoms with van der Waals surface area (Å²) in [5.74, 6) is 0.568.